The Morgan fingerprint density at radius 3 is 2.29 bits per heavy atom. The lowest BCUT2D eigenvalue weighted by Crippen LogP contribution is -2.40. The van der Waals surface area contributed by atoms with Gasteiger partial charge in [0.15, 0.2) is 0 Å². The Bertz CT molecular complexity index is 1420. The van der Waals surface area contributed by atoms with Gasteiger partial charge in [-0.3, -0.25) is 9.52 Å². The van der Waals surface area contributed by atoms with Gasteiger partial charge in [-0.2, -0.15) is 4.31 Å². The molecule has 35 heavy (non-hydrogen) atoms. The number of amides is 1. The number of aromatic nitrogens is 1. The second-order valence-electron chi connectivity index (χ2n) is 7.79. The third-order valence-corrected chi connectivity index (χ3v) is 8.65. The Hall–Kier alpha value is -3.32. The van der Waals surface area contributed by atoms with Crippen LogP contribution in [-0.4, -0.2) is 58.3 Å². The van der Waals surface area contributed by atoms with Crippen LogP contribution in [0.5, 0.6) is 0 Å². The van der Waals surface area contributed by atoms with Gasteiger partial charge in [-0.15, -0.1) is 0 Å². The minimum atomic E-state index is -3.86. The molecule has 1 amide bonds. The number of hydrogen-bond donors (Lipinski definition) is 2. The maximum absolute atomic E-state index is 13.0. The molecule has 0 aliphatic carbocycles. The molecule has 2 heterocycles. The number of nitrogens with one attached hydrogen (secondary N) is 2. The SMILES string of the molecule is Cc1ccc(S(=O)(=O)N2CCOCC2)cc1C(=O)Nc1ccc(S(=O)(=O)Nc2ccccn2)cc1. The number of pyridine rings is 1. The van der Waals surface area contributed by atoms with Crippen molar-refractivity contribution in [3.05, 3.63) is 78.0 Å². The fraction of sp³-hybridized carbons (Fsp3) is 0.217. The first-order valence-corrected chi connectivity index (χ1v) is 13.6. The van der Waals surface area contributed by atoms with Crippen molar-refractivity contribution in [2.45, 2.75) is 16.7 Å². The fourth-order valence-corrected chi connectivity index (χ4v) is 5.92. The maximum atomic E-state index is 13.0. The van der Waals surface area contributed by atoms with Gasteiger partial charge in [0.05, 0.1) is 23.0 Å². The summed E-state index contributed by atoms with van der Waals surface area (Å²) in [5.74, 6) is -0.323. The van der Waals surface area contributed by atoms with E-state index in [0.717, 1.165) is 0 Å². The fourth-order valence-electron chi connectivity index (χ4n) is 3.48. The average Bonchev–Trinajstić information content (AvgIpc) is 2.85. The Kier molecular flexibility index (Phi) is 7.17. The highest BCUT2D eigenvalue weighted by Crippen LogP contribution is 2.22. The monoisotopic (exact) mass is 516 g/mol. The van der Waals surface area contributed by atoms with E-state index in [4.69, 9.17) is 4.74 Å². The van der Waals surface area contributed by atoms with Gasteiger partial charge in [-0.1, -0.05) is 12.1 Å². The van der Waals surface area contributed by atoms with E-state index < -0.39 is 26.0 Å². The molecule has 0 saturated carbocycles. The minimum absolute atomic E-state index is 0.00376. The number of nitrogens with zero attached hydrogens (tertiary/aromatic N) is 2. The molecule has 1 fully saturated rings. The first-order valence-electron chi connectivity index (χ1n) is 10.7. The van der Waals surface area contributed by atoms with E-state index in [9.17, 15) is 21.6 Å². The normalized spacial score (nSPS) is 14.9. The van der Waals surface area contributed by atoms with Crippen LogP contribution < -0.4 is 10.0 Å². The highest BCUT2D eigenvalue weighted by atomic mass is 32.2. The molecule has 1 aromatic heterocycles. The van der Waals surface area contributed by atoms with E-state index in [1.165, 1.54) is 53.0 Å². The topological polar surface area (TPSA) is 135 Å². The molecule has 10 nitrogen and oxygen atoms in total. The second kappa shape index (κ2) is 10.1. The van der Waals surface area contributed by atoms with E-state index in [1.54, 1.807) is 25.1 Å². The summed E-state index contributed by atoms with van der Waals surface area (Å²) in [6.45, 7) is 2.85. The van der Waals surface area contributed by atoms with Crippen LogP contribution >= 0.6 is 0 Å². The number of hydrogen-bond acceptors (Lipinski definition) is 7. The lowest BCUT2D eigenvalue weighted by Gasteiger charge is -2.26. The lowest BCUT2D eigenvalue weighted by atomic mass is 10.1. The van der Waals surface area contributed by atoms with E-state index >= 15 is 0 Å². The predicted molar refractivity (Wildman–Crippen MR) is 130 cm³/mol. The summed E-state index contributed by atoms with van der Waals surface area (Å²) in [7, 11) is -7.62. The number of carbonyl (C=O) groups is 1. The molecule has 184 valence electrons. The standard InChI is InChI=1S/C23H24N4O6S2/c1-17-5-8-20(35(31,32)27-12-14-33-15-13-27)16-21(17)23(28)25-18-6-9-19(10-7-18)34(29,30)26-22-4-2-3-11-24-22/h2-11,16H,12-15H2,1H3,(H,24,26)(H,25,28). The first-order chi connectivity index (χ1) is 16.7. The Morgan fingerprint density at radius 2 is 1.63 bits per heavy atom. The predicted octanol–water partition coefficient (Wildman–Crippen LogP) is 2.46. The van der Waals surface area contributed by atoms with Crippen LogP contribution in [0.3, 0.4) is 0 Å². The van der Waals surface area contributed by atoms with Gasteiger partial charge in [0.2, 0.25) is 10.0 Å². The van der Waals surface area contributed by atoms with Gasteiger partial charge in [-0.05, 0) is 61.0 Å². The van der Waals surface area contributed by atoms with E-state index in [-0.39, 0.29) is 34.3 Å². The molecule has 0 radical (unpaired) electrons. The quantitative estimate of drug-likeness (QED) is 0.493. The molecule has 1 aliphatic heterocycles. The van der Waals surface area contributed by atoms with Crippen LogP contribution in [-0.2, 0) is 24.8 Å². The van der Waals surface area contributed by atoms with Gasteiger partial charge in [0, 0.05) is 30.5 Å². The third kappa shape index (κ3) is 5.68. The first kappa shape index (κ1) is 24.8. The Labute approximate surface area is 204 Å². The zero-order valence-electron chi connectivity index (χ0n) is 18.8. The number of benzene rings is 2. The summed E-state index contributed by atoms with van der Waals surface area (Å²) < 4.78 is 60.0. The number of carbonyl (C=O) groups excluding carboxylic acids is 1. The van der Waals surface area contributed by atoms with Crippen molar-refractivity contribution >= 4 is 37.5 Å². The third-order valence-electron chi connectivity index (χ3n) is 5.39. The Morgan fingerprint density at radius 1 is 0.943 bits per heavy atom. The van der Waals surface area contributed by atoms with Gasteiger partial charge >= 0.3 is 0 Å². The second-order valence-corrected chi connectivity index (χ2v) is 11.4. The number of rotatable bonds is 7. The largest absolute Gasteiger partial charge is 0.379 e. The summed E-state index contributed by atoms with van der Waals surface area (Å²) in [5.41, 5.74) is 1.16. The summed E-state index contributed by atoms with van der Waals surface area (Å²) in [6, 6.07) is 14.9. The maximum Gasteiger partial charge on any atom is 0.263 e. The van der Waals surface area contributed by atoms with Crippen molar-refractivity contribution in [1.82, 2.24) is 9.29 Å². The van der Waals surface area contributed by atoms with E-state index in [0.29, 0.717) is 24.5 Å². The van der Waals surface area contributed by atoms with Crippen LogP contribution in [0, 0.1) is 6.92 Å². The molecular weight excluding hydrogens is 492 g/mol. The highest BCUT2D eigenvalue weighted by Gasteiger charge is 2.27. The smallest absolute Gasteiger partial charge is 0.263 e. The average molecular weight is 517 g/mol. The van der Waals surface area contributed by atoms with Crippen LogP contribution in [0.1, 0.15) is 15.9 Å². The molecule has 2 N–H and O–H groups in total. The number of ether oxygens (including phenoxy) is 1. The number of sulfonamides is 2. The highest BCUT2D eigenvalue weighted by molar-refractivity contribution is 7.92. The van der Waals surface area contributed by atoms with Crippen LogP contribution in [0.4, 0.5) is 11.5 Å². The molecule has 4 rings (SSSR count). The molecule has 0 spiro atoms. The van der Waals surface area contributed by atoms with Gasteiger partial charge in [-0.25, -0.2) is 21.8 Å². The van der Waals surface area contributed by atoms with Crippen molar-refractivity contribution in [1.29, 1.82) is 0 Å². The van der Waals surface area contributed by atoms with Crippen LogP contribution in [0.2, 0.25) is 0 Å². The molecule has 0 bridgehead atoms. The zero-order chi connectivity index (χ0) is 25.1. The van der Waals surface area contributed by atoms with Crippen molar-refractivity contribution in [2.75, 3.05) is 36.3 Å². The molecule has 3 aromatic rings. The summed E-state index contributed by atoms with van der Waals surface area (Å²) in [4.78, 5) is 16.9. The van der Waals surface area contributed by atoms with E-state index in [1.807, 2.05) is 0 Å². The van der Waals surface area contributed by atoms with Crippen LogP contribution in [0.15, 0.2) is 76.7 Å². The molecule has 1 aliphatic rings. The molecule has 1 saturated heterocycles. The zero-order valence-corrected chi connectivity index (χ0v) is 20.5. The summed E-state index contributed by atoms with van der Waals surface area (Å²) in [6.07, 6.45) is 1.47. The van der Waals surface area contributed by atoms with Crippen molar-refractivity contribution < 1.29 is 26.4 Å². The van der Waals surface area contributed by atoms with Crippen LogP contribution in [0.25, 0.3) is 0 Å². The van der Waals surface area contributed by atoms with Crippen molar-refractivity contribution in [3.63, 3.8) is 0 Å². The summed E-state index contributed by atoms with van der Waals surface area (Å²) in [5, 5.41) is 2.69. The van der Waals surface area contributed by atoms with Crippen molar-refractivity contribution in [2.24, 2.45) is 0 Å². The molecular formula is C23H24N4O6S2. The van der Waals surface area contributed by atoms with Gasteiger partial charge < -0.3 is 10.1 Å². The number of morpholine rings is 1. The minimum Gasteiger partial charge on any atom is -0.379 e. The molecule has 0 unspecified atom stereocenters. The number of anilines is 2. The Balaban J connectivity index is 1.50. The van der Waals surface area contributed by atoms with E-state index in [2.05, 4.69) is 15.0 Å². The van der Waals surface area contributed by atoms with Gasteiger partial charge in [0.1, 0.15) is 5.82 Å². The summed E-state index contributed by atoms with van der Waals surface area (Å²) >= 11 is 0. The van der Waals surface area contributed by atoms with Crippen molar-refractivity contribution in [3.8, 4) is 0 Å². The number of aryl methyl sites for hydroxylation is 1. The lowest BCUT2D eigenvalue weighted by molar-refractivity contribution is 0.0730. The molecule has 0 atom stereocenters. The molecule has 2 aromatic carbocycles. The molecule has 12 heteroatoms. The van der Waals surface area contributed by atoms with Gasteiger partial charge in [0.25, 0.3) is 15.9 Å².